The second-order valence-corrected chi connectivity index (χ2v) is 10.7. The molecule has 1 amide bonds. The van der Waals surface area contributed by atoms with Crippen LogP contribution in [0.3, 0.4) is 0 Å². The van der Waals surface area contributed by atoms with Crippen LogP contribution in [0.15, 0.2) is 66.2 Å². The number of benzene rings is 3. The highest BCUT2D eigenvalue weighted by molar-refractivity contribution is 7.22. The van der Waals surface area contributed by atoms with Gasteiger partial charge in [-0.2, -0.15) is 0 Å². The molecular formula is C31H29ClN2O6S. The number of aliphatic hydroxyl groups excluding tert-OH is 1. The van der Waals surface area contributed by atoms with Crippen LogP contribution in [0.5, 0.6) is 17.2 Å². The van der Waals surface area contributed by atoms with E-state index in [1.54, 1.807) is 42.5 Å². The van der Waals surface area contributed by atoms with Gasteiger partial charge >= 0.3 is 5.91 Å². The van der Waals surface area contributed by atoms with Gasteiger partial charge in [0, 0.05) is 10.6 Å². The van der Waals surface area contributed by atoms with Gasteiger partial charge in [-0.25, -0.2) is 4.98 Å². The van der Waals surface area contributed by atoms with Crippen LogP contribution in [0.25, 0.3) is 16.0 Å². The van der Waals surface area contributed by atoms with Crippen LogP contribution in [0.1, 0.15) is 44.4 Å². The maximum Gasteiger partial charge on any atom is 0.301 e. The Morgan fingerprint density at radius 3 is 2.41 bits per heavy atom. The molecule has 0 saturated carbocycles. The molecule has 41 heavy (non-hydrogen) atoms. The van der Waals surface area contributed by atoms with Crippen LogP contribution in [0.2, 0.25) is 5.02 Å². The van der Waals surface area contributed by atoms with Crippen molar-refractivity contribution in [3.05, 3.63) is 82.4 Å². The second-order valence-electron chi connectivity index (χ2n) is 9.22. The fourth-order valence-electron chi connectivity index (χ4n) is 4.66. The summed E-state index contributed by atoms with van der Waals surface area (Å²) in [5, 5.41) is 12.2. The van der Waals surface area contributed by atoms with Crippen molar-refractivity contribution >= 4 is 55.7 Å². The van der Waals surface area contributed by atoms with Crippen molar-refractivity contribution in [2.45, 2.75) is 33.2 Å². The van der Waals surface area contributed by atoms with Gasteiger partial charge in [-0.1, -0.05) is 35.9 Å². The van der Waals surface area contributed by atoms with Crippen molar-refractivity contribution in [1.29, 1.82) is 0 Å². The molecule has 0 aliphatic carbocycles. The lowest BCUT2D eigenvalue weighted by molar-refractivity contribution is -0.132. The number of nitrogens with zero attached hydrogens (tertiary/aromatic N) is 2. The number of halogens is 1. The van der Waals surface area contributed by atoms with Crippen LogP contribution in [0, 0.1) is 0 Å². The topological polar surface area (TPSA) is 98.2 Å². The number of Topliss-reactive ketones (excluding diaryl/α,β-unsaturated/α-hetero) is 1. The Labute approximate surface area is 246 Å². The van der Waals surface area contributed by atoms with E-state index in [0.717, 1.165) is 11.1 Å². The molecule has 4 aromatic rings. The van der Waals surface area contributed by atoms with Gasteiger partial charge in [0.25, 0.3) is 5.78 Å². The minimum absolute atomic E-state index is 0.0590. The molecule has 0 spiro atoms. The monoisotopic (exact) mass is 592 g/mol. The highest BCUT2D eigenvalue weighted by Gasteiger charge is 2.48. The number of anilines is 1. The van der Waals surface area contributed by atoms with Crippen LogP contribution in [0.4, 0.5) is 5.13 Å². The molecule has 1 N–H and O–H groups in total. The predicted molar refractivity (Wildman–Crippen MR) is 160 cm³/mol. The predicted octanol–water partition coefficient (Wildman–Crippen LogP) is 7.16. The van der Waals surface area contributed by atoms with E-state index in [0.29, 0.717) is 63.9 Å². The summed E-state index contributed by atoms with van der Waals surface area (Å²) in [7, 11) is 0. The van der Waals surface area contributed by atoms with Crippen LogP contribution in [-0.4, -0.2) is 41.6 Å². The summed E-state index contributed by atoms with van der Waals surface area (Å²) in [6.45, 7) is 7.17. The largest absolute Gasteiger partial charge is 0.507 e. The summed E-state index contributed by atoms with van der Waals surface area (Å²) >= 11 is 7.32. The lowest BCUT2D eigenvalue weighted by atomic mass is 9.95. The van der Waals surface area contributed by atoms with E-state index in [-0.39, 0.29) is 11.3 Å². The van der Waals surface area contributed by atoms with E-state index in [9.17, 15) is 14.7 Å². The highest BCUT2D eigenvalue weighted by atomic mass is 35.5. The summed E-state index contributed by atoms with van der Waals surface area (Å²) in [5.74, 6) is -0.214. The lowest BCUT2D eigenvalue weighted by Crippen LogP contribution is -2.29. The average Bonchev–Trinajstić information content (AvgIpc) is 3.50. The third-order valence-corrected chi connectivity index (χ3v) is 7.74. The van der Waals surface area contributed by atoms with Crippen molar-refractivity contribution in [2.75, 3.05) is 24.7 Å². The molecule has 1 atom stereocenters. The molecule has 0 radical (unpaired) electrons. The first kappa shape index (κ1) is 28.4. The number of hydrogen-bond acceptors (Lipinski definition) is 8. The van der Waals surface area contributed by atoms with Gasteiger partial charge in [0.15, 0.2) is 16.6 Å². The van der Waals surface area contributed by atoms with Gasteiger partial charge in [-0.15, -0.1) is 0 Å². The Morgan fingerprint density at radius 2 is 1.71 bits per heavy atom. The normalized spacial score (nSPS) is 16.4. The van der Waals surface area contributed by atoms with E-state index in [4.69, 9.17) is 25.8 Å². The van der Waals surface area contributed by atoms with Crippen molar-refractivity contribution in [2.24, 2.45) is 0 Å². The van der Waals surface area contributed by atoms with E-state index in [1.807, 2.05) is 39.0 Å². The minimum atomic E-state index is -0.975. The summed E-state index contributed by atoms with van der Waals surface area (Å²) in [6.07, 6.45) is 0.817. The number of aliphatic hydroxyl groups is 1. The van der Waals surface area contributed by atoms with E-state index in [1.165, 1.54) is 16.2 Å². The maximum absolute atomic E-state index is 13.7. The van der Waals surface area contributed by atoms with Gasteiger partial charge in [-0.3, -0.25) is 14.5 Å². The van der Waals surface area contributed by atoms with E-state index in [2.05, 4.69) is 4.98 Å². The summed E-state index contributed by atoms with van der Waals surface area (Å²) in [4.78, 5) is 33.3. The molecule has 1 unspecified atom stereocenters. The van der Waals surface area contributed by atoms with E-state index < -0.39 is 17.7 Å². The number of aromatic nitrogens is 1. The minimum Gasteiger partial charge on any atom is -0.507 e. The molecule has 5 rings (SSSR count). The zero-order chi connectivity index (χ0) is 29.1. The molecule has 10 heteroatoms. The summed E-state index contributed by atoms with van der Waals surface area (Å²) in [6, 6.07) is 16.2. The van der Waals surface area contributed by atoms with Crippen LogP contribution >= 0.6 is 22.9 Å². The van der Waals surface area contributed by atoms with Crippen LogP contribution < -0.4 is 19.1 Å². The lowest BCUT2D eigenvalue weighted by Gasteiger charge is -2.24. The first-order valence-electron chi connectivity index (χ1n) is 13.4. The van der Waals surface area contributed by atoms with Crippen molar-refractivity contribution in [3.63, 3.8) is 0 Å². The van der Waals surface area contributed by atoms with Gasteiger partial charge in [0.05, 0.1) is 41.7 Å². The number of hydrogen-bond donors (Lipinski definition) is 1. The SMILES string of the molecule is CCCOc1ccc(C2C(=C(O)c3ccc(Cl)cc3)C(=O)C(=O)N2c2nc3ccc(OCC)cc3s2)cc1OCC. The maximum atomic E-state index is 13.7. The zero-order valence-corrected chi connectivity index (χ0v) is 24.4. The molecule has 8 nitrogen and oxygen atoms in total. The molecule has 212 valence electrons. The Kier molecular flexibility index (Phi) is 8.46. The van der Waals surface area contributed by atoms with Gasteiger partial charge < -0.3 is 19.3 Å². The Morgan fingerprint density at radius 1 is 0.951 bits per heavy atom. The van der Waals surface area contributed by atoms with Gasteiger partial charge in [-0.05, 0) is 80.4 Å². The first-order chi connectivity index (χ1) is 19.9. The smallest absolute Gasteiger partial charge is 0.301 e. The van der Waals surface area contributed by atoms with E-state index >= 15 is 0 Å². The standard InChI is InChI=1S/C31H29ClN2O6S/c1-4-15-40-23-14-9-19(16-24(23)39-6-3)27-26(28(35)18-7-10-20(32)11-8-18)29(36)30(37)34(27)31-33-22-13-12-21(38-5-2)17-25(22)41-31/h7-14,16-17,27,35H,4-6,15H2,1-3H3. The number of carbonyl (C=O) groups is 2. The molecule has 1 aliphatic rings. The van der Waals surface area contributed by atoms with Crippen LogP contribution in [-0.2, 0) is 9.59 Å². The third kappa shape index (κ3) is 5.60. The van der Waals surface area contributed by atoms with Gasteiger partial charge in [0.2, 0.25) is 0 Å². The Hall–Kier alpha value is -4.08. The van der Waals surface area contributed by atoms with Crippen molar-refractivity contribution in [3.8, 4) is 17.2 Å². The highest BCUT2D eigenvalue weighted by Crippen LogP contribution is 2.46. The number of ether oxygens (including phenoxy) is 3. The number of amides is 1. The third-order valence-electron chi connectivity index (χ3n) is 6.47. The Bertz CT molecular complexity index is 1630. The zero-order valence-electron chi connectivity index (χ0n) is 22.8. The number of ketones is 1. The fraction of sp³-hybridized carbons (Fsp3) is 0.258. The fourth-order valence-corrected chi connectivity index (χ4v) is 5.80. The number of carbonyl (C=O) groups excluding carboxylic acids is 2. The number of rotatable bonds is 10. The van der Waals surface area contributed by atoms with Crippen molar-refractivity contribution < 1.29 is 28.9 Å². The quantitative estimate of drug-likeness (QED) is 0.118. The summed E-state index contributed by atoms with van der Waals surface area (Å²) in [5.41, 5.74) is 1.51. The molecule has 1 aliphatic heterocycles. The number of fused-ring (bicyclic) bond motifs is 1. The number of thiazole rings is 1. The molecule has 1 fully saturated rings. The average molecular weight is 593 g/mol. The molecule has 2 heterocycles. The Balaban J connectivity index is 1.69. The molecule has 3 aromatic carbocycles. The molecule has 1 aromatic heterocycles. The molecular weight excluding hydrogens is 564 g/mol. The molecule has 1 saturated heterocycles. The van der Waals surface area contributed by atoms with Gasteiger partial charge in [0.1, 0.15) is 11.5 Å². The van der Waals surface area contributed by atoms with Crippen molar-refractivity contribution in [1.82, 2.24) is 4.98 Å². The first-order valence-corrected chi connectivity index (χ1v) is 14.6. The summed E-state index contributed by atoms with van der Waals surface area (Å²) < 4.78 is 18.2. The second kappa shape index (κ2) is 12.2. The molecule has 0 bridgehead atoms.